The fourth-order valence-electron chi connectivity index (χ4n) is 16.3. The van der Waals surface area contributed by atoms with Gasteiger partial charge in [0.1, 0.15) is 104 Å². The van der Waals surface area contributed by atoms with Gasteiger partial charge in [0.2, 0.25) is 10.4 Å². The van der Waals surface area contributed by atoms with Gasteiger partial charge in [-0.3, -0.25) is 4.18 Å². The van der Waals surface area contributed by atoms with Crippen molar-refractivity contribution in [2.24, 2.45) is 46.3 Å². The van der Waals surface area contributed by atoms with Gasteiger partial charge in [-0.15, -0.1) is 0 Å². The molecule has 13 N–H and O–H groups in total. The summed E-state index contributed by atoms with van der Waals surface area (Å²) in [5.74, 6) is -0.270. The van der Waals surface area contributed by atoms with E-state index >= 15 is 0 Å². The van der Waals surface area contributed by atoms with Crippen molar-refractivity contribution >= 4 is 10.4 Å². The van der Waals surface area contributed by atoms with E-state index in [9.17, 15) is 79.4 Å². The van der Waals surface area contributed by atoms with Crippen molar-refractivity contribution in [3.05, 3.63) is 11.6 Å². The Kier molecular flexibility index (Phi) is 22.1. The van der Waals surface area contributed by atoms with Crippen LogP contribution in [-0.2, 0) is 66.7 Å². The third-order valence-electron chi connectivity index (χ3n) is 21.7. The van der Waals surface area contributed by atoms with Crippen LogP contribution in [0.1, 0.15) is 107 Å². The molecule has 6 aliphatic heterocycles. The molecule has 0 aromatic heterocycles. The van der Waals surface area contributed by atoms with Gasteiger partial charge in [-0.2, -0.15) is 0 Å². The van der Waals surface area contributed by atoms with Crippen molar-refractivity contribution in [2.75, 3.05) is 13.2 Å². The molecule has 87 heavy (non-hydrogen) atoms. The third-order valence-corrected chi connectivity index (χ3v) is 22.2. The molecule has 0 bridgehead atoms. The number of hydrogen-bond donors (Lipinski definition) is 13. The van der Waals surface area contributed by atoms with E-state index in [0.717, 1.165) is 12.0 Å². The predicted molar refractivity (Wildman–Crippen MR) is 287 cm³/mol. The molecule has 10 rings (SSSR count). The number of aliphatic hydroxyl groups excluding tert-OH is 12. The van der Waals surface area contributed by atoms with E-state index in [1.165, 1.54) is 20.8 Å². The van der Waals surface area contributed by atoms with Crippen molar-refractivity contribution in [2.45, 2.75) is 285 Å². The van der Waals surface area contributed by atoms with E-state index in [1.807, 2.05) is 6.92 Å². The molecule has 6 saturated heterocycles. The van der Waals surface area contributed by atoms with Gasteiger partial charge >= 0.3 is 29.6 Å². The molecule has 4 aliphatic carbocycles. The van der Waals surface area contributed by atoms with Gasteiger partial charge in [-0.25, -0.2) is 8.42 Å². The first-order chi connectivity index (χ1) is 40.2. The van der Waals surface area contributed by atoms with Crippen molar-refractivity contribution in [1.29, 1.82) is 0 Å². The van der Waals surface area contributed by atoms with E-state index in [0.29, 0.717) is 31.6 Å². The van der Waals surface area contributed by atoms with Gasteiger partial charge in [0.05, 0.1) is 55.4 Å². The monoisotopic (exact) mass is 1280 g/mol. The van der Waals surface area contributed by atoms with Gasteiger partial charge in [-0.1, -0.05) is 46.3 Å². The Hall–Kier alpha value is -0.350. The molecule has 36 atom stereocenters. The van der Waals surface area contributed by atoms with Gasteiger partial charge in [0.15, 0.2) is 31.5 Å². The average Bonchev–Trinajstić information content (AvgIpc) is 1.67. The number of hydrogen-bond acceptors (Lipinski definition) is 28. The van der Waals surface area contributed by atoms with E-state index in [1.54, 1.807) is 0 Å². The second-order valence-corrected chi connectivity index (χ2v) is 28.3. The van der Waals surface area contributed by atoms with Crippen LogP contribution < -0.4 is 29.6 Å². The maximum atomic E-state index is 12.5. The summed E-state index contributed by atoms with van der Waals surface area (Å²) in [6.45, 7) is 15.3. The number of ether oxygens (including phenoxy) is 11. The minimum Gasteiger partial charge on any atom is -0.726 e. The minimum atomic E-state index is -5.14. The quantitative estimate of drug-likeness (QED) is 0.0212. The molecule has 6 heterocycles. The Morgan fingerprint density at radius 3 is 1.79 bits per heavy atom. The topological polar surface area (TPSA) is 434 Å². The molecule has 0 spiro atoms. The van der Waals surface area contributed by atoms with Crippen LogP contribution in [0.15, 0.2) is 11.6 Å². The fraction of sp³-hybridized carbons (Fsp3) is 0.965. The summed E-state index contributed by atoms with van der Waals surface area (Å²) in [5.41, 5.74) is -1.09. The number of allylic oxidation sites excluding steroid dienone is 2. The second kappa shape index (κ2) is 27.0. The average molecular weight is 1280 g/mol. The summed E-state index contributed by atoms with van der Waals surface area (Å²) in [7, 11) is -5.14. The van der Waals surface area contributed by atoms with Gasteiger partial charge < -0.3 is 123 Å². The fourth-order valence-corrected chi connectivity index (χ4v) is 16.8. The normalized spacial score (nSPS) is 53.0. The van der Waals surface area contributed by atoms with E-state index in [-0.39, 0.29) is 78.3 Å². The van der Waals surface area contributed by atoms with Crippen molar-refractivity contribution in [1.82, 2.24) is 0 Å². The summed E-state index contributed by atoms with van der Waals surface area (Å²) in [6, 6.07) is 0. The van der Waals surface area contributed by atoms with Crippen LogP contribution in [0.3, 0.4) is 0 Å². The molecule has 30 heteroatoms. The summed E-state index contributed by atoms with van der Waals surface area (Å²) in [6.07, 6.45) is -37.9. The molecule has 10 aliphatic rings. The molecule has 3 saturated carbocycles. The molecule has 0 aromatic rings. The van der Waals surface area contributed by atoms with Gasteiger partial charge in [0.25, 0.3) is 0 Å². The van der Waals surface area contributed by atoms with Crippen molar-refractivity contribution in [3.63, 3.8) is 0 Å². The summed E-state index contributed by atoms with van der Waals surface area (Å²) in [5, 5.41) is 146. The minimum absolute atomic E-state index is 0. The predicted octanol–water partition coefficient (Wildman–Crippen LogP) is -5.96. The van der Waals surface area contributed by atoms with E-state index < -0.39 is 206 Å². The zero-order chi connectivity index (χ0) is 62.8. The maximum Gasteiger partial charge on any atom is 1.00 e. The number of aliphatic hydroxyl groups is 13. The Morgan fingerprint density at radius 2 is 1.21 bits per heavy atom. The standard InChI is InChI=1S/C57H94O28S.Na/c1-20(2)21(3)44-49(80-44)57(9,70)33-11-10-27-26-17-31(29-16-25(85-86(71,72)73)12-14-55(29,7)28(26)13-15-56(27,33)8)78-52-43(69)46(37(63)32(18-58)79-52)82-54-48(84-51-41(67)39(65)35(61)23(5)76-51)42(68)45(24(6)77-54)81-53-47(36(62)30(59)19-74-53)83-50-40(66)38(64)34(60)22(4)75-50;/h13,20-27,29-54,58-70H,10-12,14-19H2,1-9H3,(H,71,72,73);/q;+1/p-1/t21-,22+,23+,24+,25-,26-,27-,29+,30-,31-,32+,33-,34-,35-,36-,37+,38-,39-,40+,41+,42-,43+,44-,45+,46-,47+,48+,49+,50-,51-,52+,53-,54-,55+,56-,57+;/m0./s1. The number of fused-ring (bicyclic) bond motifs is 5. The number of rotatable bonds is 17. The number of epoxide rings is 1. The maximum absolute atomic E-state index is 12.5. The van der Waals surface area contributed by atoms with Crippen LogP contribution in [0, 0.1) is 46.3 Å². The first-order valence-corrected chi connectivity index (χ1v) is 31.9. The van der Waals surface area contributed by atoms with Crippen LogP contribution in [0.4, 0.5) is 0 Å². The summed E-state index contributed by atoms with van der Waals surface area (Å²) in [4.78, 5) is 0. The Balaban J connectivity index is 0.00000902. The van der Waals surface area contributed by atoms with Crippen LogP contribution in [0.2, 0.25) is 0 Å². The molecule has 0 aromatic carbocycles. The Labute approximate surface area is 528 Å². The summed E-state index contributed by atoms with van der Waals surface area (Å²) < 4.78 is 109. The van der Waals surface area contributed by atoms with Gasteiger partial charge in [-0.05, 0) is 119 Å². The van der Waals surface area contributed by atoms with Crippen LogP contribution in [0.5, 0.6) is 0 Å². The zero-order valence-corrected chi connectivity index (χ0v) is 53.7. The smallest absolute Gasteiger partial charge is 0.726 e. The van der Waals surface area contributed by atoms with Crippen LogP contribution in [0.25, 0.3) is 0 Å². The van der Waals surface area contributed by atoms with E-state index in [2.05, 4.69) is 40.7 Å². The SMILES string of the molecule is CC(C)[C@H](C)[C@@H]1O[C@H]1[C@](C)(O)[C@H]1CC[C@H]2[C@@H]3C[C@H](O[C@@H]4O[C@H](CO)[C@@H](O)[C@H](O[C@@H]5O[C@H](C)[C@@H](O[C@@H]6OC[C@H](O)[C@H](O)[C@H]6O[C@@H]6O[C@H](C)[C@H](O)[C@H](O)[C@H]6O)[C@H](O)[C@H]5O[C@@H]5O[C@H](C)[C@H](O)[C@H](O)[C@H]5O)[C@H]4O)[C@H]4C[C@@H](OS(=O)(=O)[O-])CC[C@]4(C)C3=CC[C@]12C.[Na+]. The molecule has 0 amide bonds. The van der Waals surface area contributed by atoms with E-state index in [4.69, 9.17) is 56.3 Å². The molecule has 28 nitrogen and oxygen atoms in total. The molecule has 0 unspecified atom stereocenters. The van der Waals surface area contributed by atoms with Crippen molar-refractivity contribution in [3.8, 4) is 0 Å². The Bertz CT molecular complexity index is 2470. The molecule has 9 fully saturated rings. The molecule has 0 radical (unpaired) electrons. The molecular formula is C57H93NaO28S. The first-order valence-electron chi connectivity index (χ1n) is 30.5. The largest absolute Gasteiger partial charge is 1.00 e. The third kappa shape index (κ3) is 13.5. The van der Waals surface area contributed by atoms with Crippen LogP contribution >= 0.6 is 0 Å². The Morgan fingerprint density at radius 1 is 0.644 bits per heavy atom. The molecular weight excluding hydrogens is 1190 g/mol. The van der Waals surface area contributed by atoms with Crippen molar-refractivity contribution < 1.29 is 165 Å². The summed E-state index contributed by atoms with van der Waals surface area (Å²) >= 11 is 0. The zero-order valence-electron chi connectivity index (χ0n) is 50.9. The first kappa shape index (κ1) is 71.0. The van der Waals surface area contributed by atoms with Crippen LogP contribution in [-0.4, -0.2) is 270 Å². The van der Waals surface area contributed by atoms with Gasteiger partial charge in [0, 0.05) is 0 Å². The molecule has 496 valence electrons. The second-order valence-electron chi connectivity index (χ2n) is 27.3.